The molecule has 1 fully saturated rings. The van der Waals surface area contributed by atoms with Crippen molar-refractivity contribution < 1.29 is 31.9 Å². The molecule has 1 N–H and O–H groups in total. The van der Waals surface area contributed by atoms with E-state index in [0.717, 1.165) is 31.0 Å². The second-order valence-corrected chi connectivity index (χ2v) is 8.24. The van der Waals surface area contributed by atoms with Crippen molar-refractivity contribution in [3.63, 3.8) is 0 Å². The Balaban J connectivity index is 1.24. The second kappa shape index (κ2) is 9.54. The summed E-state index contributed by atoms with van der Waals surface area (Å²) in [6.45, 7) is 2.00. The molecule has 34 heavy (non-hydrogen) atoms. The molecule has 0 radical (unpaired) electrons. The van der Waals surface area contributed by atoms with E-state index in [9.17, 15) is 13.2 Å². The van der Waals surface area contributed by atoms with Gasteiger partial charge in [-0.05, 0) is 68.1 Å². The normalized spacial score (nSPS) is 17.7. The smallest absolute Gasteiger partial charge is 0.419 e. The van der Waals surface area contributed by atoms with E-state index in [4.69, 9.17) is 18.7 Å². The Morgan fingerprint density at radius 3 is 2.71 bits per heavy atom. The average Bonchev–Trinajstić information content (AvgIpc) is 3.53. The molecule has 5 rings (SSSR count). The predicted octanol–water partition coefficient (Wildman–Crippen LogP) is 4.96. The summed E-state index contributed by atoms with van der Waals surface area (Å²) >= 11 is 0. The van der Waals surface area contributed by atoms with Crippen LogP contribution in [0.15, 0.2) is 40.9 Å². The van der Waals surface area contributed by atoms with Gasteiger partial charge in [-0.2, -0.15) is 18.2 Å². The van der Waals surface area contributed by atoms with E-state index < -0.39 is 11.7 Å². The molecule has 7 nitrogen and oxygen atoms in total. The molecule has 2 aliphatic rings. The average molecular weight is 475 g/mol. The Hall–Kier alpha value is -3.27. The summed E-state index contributed by atoms with van der Waals surface area (Å²) in [5, 5.41) is 7.10. The highest BCUT2D eigenvalue weighted by molar-refractivity contribution is 5.59. The molecule has 0 saturated carbocycles. The molecule has 1 saturated heterocycles. The summed E-state index contributed by atoms with van der Waals surface area (Å²) in [5.74, 6) is 1.68. The highest BCUT2D eigenvalue weighted by atomic mass is 19.4. The van der Waals surface area contributed by atoms with Crippen LogP contribution in [0, 0.1) is 0 Å². The zero-order chi connectivity index (χ0) is 23.5. The lowest BCUT2D eigenvalue weighted by Crippen LogP contribution is -2.15. The maximum absolute atomic E-state index is 13.7. The standard InChI is InChI=1S/C24H24F3N3O4/c25-24(26,27)17-14-16(22-29-23(34-30-22)18-4-1-9-28-18)6-8-19(17)31-10-2-3-15-5-7-20-21(13-15)33-12-11-32-20/h5-8,13-14,18,28H,1-4,9-12H2/t18-/m0/s1. The van der Waals surface area contributed by atoms with Crippen LogP contribution >= 0.6 is 0 Å². The zero-order valence-corrected chi connectivity index (χ0v) is 18.4. The third-order valence-electron chi connectivity index (χ3n) is 5.82. The molecule has 1 atom stereocenters. The summed E-state index contributed by atoms with van der Waals surface area (Å²) in [5.41, 5.74) is 0.363. The summed E-state index contributed by atoms with van der Waals surface area (Å²) in [6.07, 6.45) is -1.56. The number of aromatic nitrogens is 2. The number of hydrogen-bond acceptors (Lipinski definition) is 7. The first kappa shape index (κ1) is 22.5. The van der Waals surface area contributed by atoms with Gasteiger partial charge in [0.05, 0.1) is 18.2 Å². The molecule has 0 aliphatic carbocycles. The van der Waals surface area contributed by atoms with Gasteiger partial charge < -0.3 is 24.1 Å². The number of ether oxygens (including phenoxy) is 3. The number of benzene rings is 2. The third-order valence-corrected chi connectivity index (χ3v) is 5.82. The molecule has 0 bridgehead atoms. The van der Waals surface area contributed by atoms with Crippen LogP contribution in [0.4, 0.5) is 13.2 Å². The number of fused-ring (bicyclic) bond motifs is 1. The van der Waals surface area contributed by atoms with Gasteiger partial charge in [-0.25, -0.2) is 0 Å². The minimum Gasteiger partial charge on any atom is -0.493 e. The quantitative estimate of drug-likeness (QED) is 0.484. The summed E-state index contributed by atoms with van der Waals surface area (Å²) in [7, 11) is 0. The Kier molecular flexibility index (Phi) is 6.32. The van der Waals surface area contributed by atoms with E-state index in [2.05, 4.69) is 15.5 Å². The van der Waals surface area contributed by atoms with Crippen molar-refractivity contribution in [1.29, 1.82) is 0 Å². The van der Waals surface area contributed by atoms with Crippen molar-refractivity contribution in [3.05, 3.63) is 53.4 Å². The second-order valence-electron chi connectivity index (χ2n) is 8.24. The van der Waals surface area contributed by atoms with Gasteiger partial charge in [0.2, 0.25) is 11.7 Å². The van der Waals surface area contributed by atoms with E-state index >= 15 is 0 Å². The molecule has 3 aromatic rings. The Morgan fingerprint density at radius 2 is 1.91 bits per heavy atom. The zero-order valence-electron chi connectivity index (χ0n) is 18.4. The largest absolute Gasteiger partial charge is 0.493 e. The van der Waals surface area contributed by atoms with Crippen LogP contribution in [-0.4, -0.2) is 36.5 Å². The lowest BCUT2D eigenvalue weighted by atomic mass is 10.1. The maximum Gasteiger partial charge on any atom is 0.419 e. The SMILES string of the molecule is FC(F)(F)c1cc(-c2noc([C@@H]3CCCN3)n2)ccc1OCCCc1ccc2c(c1)OCCO2. The molecule has 0 amide bonds. The van der Waals surface area contributed by atoms with Gasteiger partial charge in [0.1, 0.15) is 19.0 Å². The number of nitrogens with one attached hydrogen (secondary N) is 1. The number of rotatable bonds is 7. The number of hydrogen-bond donors (Lipinski definition) is 1. The highest BCUT2D eigenvalue weighted by Crippen LogP contribution is 2.39. The fourth-order valence-electron chi connectivity index (χ4n) is 4.11. The van der Waals surface area contributed by atoms with Crippen molar-refractivity contribution >= 4 is 0 Å². The lowest BCUT2D eigenvalue weighted by molar-refractivity contribution is -0.138. The minimum atomic E-state index is -4.58. The molecular weight excluding hydrogens is 451 g/mol. The van der Waals surface area contributed by atoms with Crippen molar-refractivity contribution in [3.8, 4) is 28.6 Å². The van der Waals surface area contributed by atoms with Crippen LogP contribution in [0.2, 0.25) is 0 Å². The van der Waals surface area contributed by atoms with E-state index in [1.807, 2.05) is 18.2 Å². The summed E-state index contributed by atoms with van der Waals surface area (Å²) in [6, 6.07) is 9.44. The van der Waals surface area contributed by atoms with Gasteiger partial charge in [0, 0.05) is 5.56 Å². The number of alkyl halides is 3. The van der Waals surface area contributed by atoms with Crippen molar-refractivity contribution in [2.45, 2.75) is 37.9 Å². The Bertz CT molecular complexity index is 1140. The third kappa shape index (κ3) is 4.96. The first-order valence-electron chi connectivity index (χ1n) is 11.3. The first-order chi connectivity index (χ1) is 16.5. The van der Waals surface area contributed by atoms with Gasteiger partial charge in [0.25, 0.3) is 0 Å². The van der Waals surface area contributed by atoms with Gasteiger partial charge in [-0.15, -0.1) is 0 Å². The number of halogens is 3. The molecular formula is C24H24F3N3O4. The fraction of sp³-hybridized carbons (Fsp3) is 0.417. The van der Waals surface area contributed by atoms with Crippen LogP contribution in [0.1, 0.15) is 42.3 Å². The highest BCUT2D eigenvalue weighted by Gasteiger charge is 2.35. The minimum absolute atomic E-state index is 0.0554. The first-order valence-corrected chi connectivity index (χ1v) is 11.3. The summed E-state index contributed by atoms with van der Waals surface area (Å²) < 4.78 is 63.1. The summed E-state index contributed by atoms with van der Waals surface area (Å²) in [4.78, 5) is 4.29. The van der Waals surface area contributed by atoms with E-state index in [1.54, 1.807) is 0 Å². The van der Waals surface area contributed by atoms with E-state index in [1.165, 1.54) is 12.1 Å². The van der Waals surface area contributed by atoms with Gasteiger partial charge >= 0.3 is 6.18 Å². The number of aryl methyl sites for hydroxylation is 1. The predicted molar refractivity (Wildman–Crippen MR) is 116 cm³/mol. The molecule has 1 aromatic heterocycles. The van der Waals surface area contributed by atoms with Crippen LogP contribution in [0.25, 0.3) is 11.4 Å². The number of nitrogens with zero attached hydrogens (tertiary/aromatic N) is 2. The molecule has 0 spiro atoms. The fourth-order valence-corrected chi connectivity index (χ4v) is 4.11. The molecule has 3 heterocycles. The van der Waals surface area contributed by atoms with Crippen LogP contribution in [0.5, 0.6) is 17.2 Å². The van der Waals surface area contributed by atoms with Gasteiger partial charge in [-0.1, -0.05) is 11.2 Å². The van der Waals surface area contributed by atoms with Gasteiger partial charge in [0.15, 0.2) is 11.5 Å². The maximum atomic E-state index is 13.7. The van der Waals surface area contributed by atoms with Crippen molar-refractivity contribution in [2.75, 3.05) is 26.4 Å². The Labute approximate surface area is 194 Å². The molecule has 2 aromatic carbocycles. The topological polar surface area (TPSA) is 78.6 Å². The van der Waals surface area contributed by atoms with Crippen LogP contribution in [0.3, 0.4) is 0 Å². The van der Waals surface area contributed by atoms with E-state index in [-0.39, 0.29) is 29.8 Å². The van der Waals surface area contributed by atoms with Crippen molar-refractivity contribution in [1.82, 2.24) is 15.5 Å². The molecule has 2 aliphatic heterocycles. The molecule has 0 unspecified atom stereocenters. The van der Waals surface area contributed by atoms with E-state index in [0.29, 0.717) is 43.4 Å². The van der Waals surface area contributed by atoms with Crippen LogP contribution < -0.4 is 19.5 Å². The molecule has 10 heteroatoms. The van der Waals surface area contributed by atoms with Crippen molar-refractivity contribution in [2.24, 2.45) is 0 Å². The Morgan fingerprint density at radius 1 is 1.06 bits per heavy atom. The monoisotopic (exact) mass is 475 g/mol. The molecule has 180 valence electrons. The van der Waals surface area contributed by atoms with Crippen LogP contribution in [-0.2, 0) is 12.6 Å². The lowest BCUT2D eigenvalue weighted by Gasteiger charge is -2.19. The van der Waals surface area contributed by atoms with Gasteiger partial charge in [-0.3, -0.25) is 0 Å².